The van der Waals surface area contributed by atoms with Crippen molar-refractivity contribution in [1.82, 2.24) is 30.0 Å². The smallest absolute Gasteiger partial charge is 0.225 e. The number of hydrogen-bond acceptors (Lipinski definition) is 6. The van der Waals surface area contributed by atoms with Crippen LogP contribution in [0.3, 0.4) is 0 Å². The zero-order valence-corrected chi connectivity index (χ0v) is 18.5. The van der Waals surface area contributed by atoms with Gasteiger partial charge in [0.25, 0.3) is 0 Å². The molecule has 4 aliphatic rings. The van der Waals surface area contributed by atoms with Crippen LogP contribution in [-0.4, -0.2) is 109 Å². The van der Waals surface area contributed by atoms with Crippen LogP contribution in [0.4, 0.5) is 5.95 Å². The van der Waals surface area contributed by atoms with Gasteiger partial charge in [0.1, 0.15) is 0 Å². The van der Waals surface area contributed by atoms with Crippen LogP contribution in [0.1, 0.15) is 6.92 Å². The average Bonchev–Trinajstić information content (AvgIpc) is 2.73. The second-order valence-electron chi connectivity index (χ2n) is 7.21. The van der Waals surface area contributed by atoms with E-state index in [4.69, 9.17) is 4.99 Å². The number of halogens is 1. The highest BCUT2D eigenvalue weighted by atomic mass is 127. The summed E-state index contributed by atoms with van der Waals surface area (Å²) in [6, 6.07) is 2.44. The number of piperazine rings is 4. The number of hydrogen-bond donors (Lipinski definition) is 1. The molecule has 1 aromatic heterocycles. The van der Waals surface area contributed by atoms with E-state index in [0.717, 1.165) is 51.2 Å². The third-order valence-electron chi connectivity index (χ3n) is 5.59. The highest BCUT2D eigenvalue weighted by molar-refractivity contribution is 14.0. The summed E-state index contributed by atoms with van der Waals surface area (Å²) in [5.41, 5.74) is 0. The van der Waals surface area contributed by atoms with Gasteiger partial charge >= 0.3 is 0 Å². The Morgan fingerprint density at radius 1 is 1.07 bits per heavy atom. The van der Waals surface area contributed by atoms with Crippen LogP contribution in [0, 0.1) is 0 Å². The van der Waals surface area contributed by atoms with E-state index in [0.29, 0.717) is 6.04 Å². The monoisotopic (exact) mass is 486 g/mol. The van der Waals surface area contributed by atoms with Crippen molar-refractivity contribution in [2.75, 3.05) is 76.9 Å². The Hall–Kier alpha value is -1.20. The molecule has 0 spiro atoms. The first-order chi connectivity index (χ1) is 12.8. The molecule has 0 radical (unpaired) electrons. The molecule has 5 rings (SSSR count). The Morgan fingerprint density at radius 3 is 2.37 bits per heavy atom. The average molecular weight is 486 g/mol. The standard InChI is InChI=1S/C18H30N8.HI/c1-2-19-17(22-14-16-15-23-6-8-24(16)9-7-23)25-10-12-26(13-11-25)18-20-4-3-5-21-18;/h3-5,16H,2,6-15H2,1H3,(H,19,22);1H. The molecule has 4 aliphatic heterocycles. The SMILES string of the molecule is CCNC(=NCC1CN2CCN1CC2)N1CCN(c2ncccn2)CC1.I. The maximum Gasteiger partial charge on any atom is 0.225 e. The lowest BCUT2D eigenvalue weighted by atomic mass is 10.1. The number of fused-ring (bicyclic) bond motifs is 3. The normalized spacial score (nSPS) is 28.0. The Kier molecular flexibility index (Phi) is 7.48. The van der Waals surface area contributed by atoms with Gasteiger partial charge in [0.2, 0.25) is 5.95 Å². The maximum absolute atomic E-state index is 4.99. The number of aliphatic imine (C=N–C) groups is 1. The second kappa shape index (κ2) is 9.83. The van der Waals surface area contributed by atoms with Gasteiger partial charge in [0.15, 0.2) is 5.96 Å². The molecule has 27 heavy (non-hydrogen) atoms. The van der Waals surface area contributed by atoms with Crippen LogP contribution < -0.4 is 10.2 Å². The van der Waals surface area contributed by atoms with E-state index in [2.05, 4.69) is 41.8 Å². The first-order valence-electron chi connectivity index (χ1n) is 9.85. The van der Waals surface area contributed by atoms with E-state index in [1.807, 2.05) is 18.5 Å². The summed E-state index contributed by atoms with van der Waals surface area (Å²) in [5, 5.41) is 3.48. The van der Waals surface area contributed by atoms with E-state index in [-0.39, 0.29) is 24.0 Å². The number of aromatic nitrogens is 2. The van der Waals surface area contributed by atoms with Crippen LogP contribution in [-0.2, 0) is 0 Å². The van der Waals surface area contributed by atoms with E-state index >= 15 is 0 Å². The van der Waals surface area contributed by atoms with Gasteiger partial charge in [-0.2, -0.15) is 0 Å². The molecular formula is C18H31IN8. The molecule has 0 aliphatic carbocycles. The maximum atomic E-state index is 4.99. The molecule has 0 aromatic carbocycles. The third kappa shape index (κ3) is 5.00. The first kappa shape index (κ1) is 20.5. The van der Waals surface area contributed by atoms with Gasteiger partial charge in [-0.3, -0.25) is 14.8 Å². The zero-order chi connectivity index (χ0) is 17.8. The molecule has 0 amide bonds. The number of guanidine groups is 1. The number of nitrogens with zero attached hydrogens (tertiary/aromatic N) is 7. The molecule has 4 fully saturated rings. The lowest BCUT2D eigenvalue weighted by molar-refractivity contribution is 0.0173. The molecule has 150 valence electrons. The van der Waals surface area contributed by atoms with Crippen molar-refractivity contribution < 1.29 is 0 Å². The predicted octanol–water partition coefficient (Wildman–Crippen LogP) is 0.182. The van der Waals surface area contributed by atoms with Gasteiger partial charge in [-0.05, 0) is 13.0 Å². The zero-order valence-electron chi connectivity index (χ0n) is 16.1. The topological polar surface area (TPSA) is 63.1 Å². The van der Waals surface area contributed by atoms with Crippen molar-refractivity contribution in [2.24, 2.45) is 4.99 Å². The van der Waals surface area contributed by atoms with Crippen molar-refractivity contribution >= 4 is 35.9 Å². The first-order valence-corrected chi connectivity index (χ1v) is 9.85. The van der Waals surface area contributed by atoms with Crippen molar-refractivity contribution in [1.29, 1.82) is 0 Å². The molecule has 1 atom stereocenters. The summed E-state index contributed by atoms with van der Waals surface area (Å²) in [6.45, 7) is 13.7. The fourth-order valence-corrected chi connectivity index (χ4v) is 4.09. The quantitative estimate of drug-likeness (QED) is 0.370. The van der Waals surface area contributed by atoms with Gasteiger partial charge in [-0.15, -0.1) is 24.0 Å². The van der Waals surface area contributed by atoms with Crippen LogP contribution in [0.5, 0.6) is 0 Å². The lowest BCUT2D eigenvalue weighted by Crippen LogP contribution is -2.62. The van der Waals surface area contributed by atoms with E-state index in [1.54, 1.807) is 0 Å². The summed E-state index contributed by atoms with van der Waals surface area (Å²) in [7, 11) is 0. The minimum atomic E-state index is 0. The summed E-state index contributed by atoms with van der Waals surface area (Å²) < 4.78 is 0. The second-order valence-corrected chi connectivity index (χ2v) is 7.21. The van der Waals surface area contributed by atoms with Gasteiger partial charge in [-0.1, -0.05) is 0 Å². The van der Waals surface area contributed by atoms with Crippen LogP contribution in [0.2, 0.25) is 0 Å². The van der Waals surface area contributed by atoms with Crippen LogP contribution in [0.15, 0.2) is 23.5 Å². The largest absolute Gasteiger partial charge is 0.357 e. The molecule has 1 aromatic rings. The predicted molar refractivity (Wildman–Crippen MR) is 119 cm³/mol. The van der Waals surface area contributed by atoms with Crippen molar-refractivity contribution in [3.8, 4) is 0 Å². The lowest BCUT2D eigenvalue weighted by Gasteiger charge is -2.47. The fraction of sp³-hybridized carbons (Fsp3) is 0.722. The van der Waals surface area contributed by atoms with E-state index < -0.39 is 0 Å². The Balaban J connectivity index is 0.00000210. The van der Waals surface area contributed by atoms with Crippen molar-refractivity contribution in [2.45, 2.75) is 13.0 Å². The molecule has 2 bridgehead atoms. The molecule has 8 nitrogen and oxygen atoms in total. The number of nitrogens with one attached hydrogen (secondary N) is 1. The molecule has 5 heterocycles. The Bertz CT molecular complexity index is 597. The minimum Gasteiger partial charge on any atom is -0.357 e. The number of rotatable bonds is 4. The van der Waals surface area contributed by atoms with Crippen molar-refractivity contribution in [3.63, 3.8) is 0 Å². The molecule has 9 heteroatoms. The molecule has 1 N–H and O–H groups in total. The molecule has 0 saturated carbocycles. The third-order valence-corrected chi connectivity index (χ3v) is 5.59. The summed E-state index contributed by atoms with van der Waals surface area (Å²) >= 11 is 0. The van der Waals surface area contributed by atoms with Gasteiger partial charge in [0, 0.05) is 83.9 Å². The van der Waals surface area contributed by atoms with Gasteiger partial charge < -0.3 is 15.1 Å². The number of anilines is 1. The Labute approximate surface area is 179 Å². The highest BCUT2D eigenvalue weighted by Gasteiger charge is 2.31. The Morgan fingerprint density at radius 2 is 1.78 bits per heavy atom. The molecular weight excluding hydrogens is 455 g/mol. The summed E-state index contributed by atoms with van der Waals surface area (Å²) in [4.78, 5) is 23.5. The molecule has 4 saturated heterocycles. The van der Waals surface area contributed by atoms with Crippen molar-refractivity contribution in [3.05, 3.63) is 18.5 Å². The summed E-state index contributed by atoms with van der Waals surface area (Å²) in [5.74, 6) is 1.88. The van der Waals surface area contributed by atoms with Gasteiger partial charge in [0.05, 0.1) is 6.54 Å². The summed E-state index contributed by atoms with van der Waals surface area (Å²) in [6.07, 6.45) is 3.62. The van der Waals surface area contributed by atoms with Crippen LogP contribution in [0.25, 0.3) is 0 Å². The highest BCUT2D eigenvalue weighted by Crippen LogP contribution is 2.16. The van der Waals surface area contributed by atoms with Gasteiger partial charge in [-0.25, -0.2) is 9.97 Å². The fourth-order valence-electron chi connectivity index (χ4n) is 4.09. The minimum absolute atomic E-state index is 0. The van der Waals surface area contributed by atoms with E-state index in [1.165, 1.54) is 32.7 Å². The van der Waals surface area contributed by atoms with E-state index in [9.17, 15) is 0 Å². The molecule has 1 unspecified atom stereocenters. The van der Waals surface area contributed by atoms with Crippen LogP contribution >= 0.6 is 24.0 Å².